The zero-order valence-electron chi connectivity index (χ0n) is 9.44. The molecule has 0 aliphatic carbocycles. The number of rotatable bonds is 3. The monoisotopic (exact) mass is 267 g/mol. The Morgan fingerprint density at radius 2 is 1.82 bits per heavy atom. The number of hydrogen-bond acceptors (Lipinski definition) is 2. The number of alkyl halides is 3. The van der Waals surface area contributed by atoms with Gasteiger partial charge in [-0.2, -0.15) is 13.2 Å². The molecule has 0 aliphatic rings. The predicted octanol–water partition coefficient (Wildman–Crippen LogP) is 3.53. The van der Waals surface area contributed by atoms with Gasteiger partial charge in [-0.05, 0) is 17.7 Å². The summed E-state index contributed by atoms with van der Waals surface area (Å²) in [5.74, 6) is 4.93. The number of nitrogens with two attached hydrogens (primary N) is 1. The Bertz CT molecular complexity index is 404. The Morgan fingerprint density at radius 1 is 1.24 bits per heavy atom. The van der Waals surface area contributed by atoms with E-state index in [4.69, 9.17) is 17.5 Å². The number of halogens is 4. The van der Waals surface area contributed by atoms with Crippen molar-refractivity contribution in [3.63, 3.8) is 0 Å². The quantitative estimate of drug-likeness (QED) is 0.851. The lowest BCUT2D eigenvalue weighted by Gasteiger charge is -2.27. The molecule has 17 heavy (non-hydrogen) atoms. The SMILES string of the molecule is CC(C)(CON)c1ccc(Cl)cc1C(F)(F)F. The second-order valence-electron chi connectivity index (χ2n) is 4.38. The molecule has 0 fully saturated rings. The van der Waals surface area contributed by atoms with Gasteiger partial charge in [0, 0.05) is 10.4 Å². The average Bonchev–Trinajstić information content (AvgIpc) is 2.15. The molecule has 0 atom stereocenters. The molecule has 6 heteroatoms. The minimum Gasteiger partial charge on any atom is -0.304 e. The van der Waals surface area contributed by atoms with Gasteiger partial charge in [-0.25, -0.2) is 5.90 Å². The third kappa shape index (κ3) is 3.34. The molecule has 0 saturated heterocycles. The highest BCUT2D eigenvalue weighted by atomic mass is 35.5. The fourth-order valence-corrected chi connectivity index (χ4v) is 1.80. The zero-order valence-corrected chi connectivity index (χ0v) is 10.2. The van der Waals surface area contributed by atoms with Crippen LogP contribution in [-0.2, 0) is 16.4 Å². The van der Waals surface area contributed by atoms with Crippen LogP contribution in [0.1, 0.15) is 25.0 Å². The van der Waals surface area contributed by atoms with Crippen molar-refractivity contribution in [2.24, 2.45) is 5.90 Å². The Labute approximate surface area is 102 Å². The summed E-state index contributed by atoms with van der Waals surface area (Å²) in [6.07, 6.45) is -4.45. The van der Waals surface area contributed by atoms with E-state index < -0.39 is 17.2 Å². The van der Waals surface area contributed by atoms with E-state index in [9.17, 15) is 13.2 Å². The lowest BCUT2D eigenvalue weighted by Crippen LogP contribution is -2.29. The maximum atomic E-state index is 12.9. The van der Waals surface area contributed by atoms with Crippen molar-refractivity contribution in [2.75, 3.05) is 6.61 Å². The summed E-state index contributed by atoms with van der Waals surface area (Å²) in [6, 6.07) is 3.68. The van der Waals surface area contributed by atoms with Crippen LogP contribution in [0.15, 0.2) is 18.2 Å². The van der Waals surface area contributed by atoms with E-state index in [2.05, 4.69) is 4.84 Å². The Morgan fingerprint density at radius 3 is 2.29 bits per heavy atom. The van der Waals surface area contributed by atoms with Crippen molar-refractivity contribution >= 4 is 11.6 Å². The molecule has 1 aromatic carbocycles. The maximum absolute atomic E-state index is 12.9. The summed E-state index contributed by atoms with van der Waals surface area (Å²) in [4.78, 5) is 4.46. The normalized spacial score (nSPS) is 12.9. The van der Waals surface area contributed by atoms with Crippen molar-refractivity contribution in [1.29, 1.82) is 0 Å². The molecule has 1 rings (SSSR count). The van der Waals surface area contributed by atoms with E-state index in [0.29, 0.717) is 0 Å². The van der Waals surface area contributed by atoms with Gasteiger partial charge in [-0.1, -0.05) is 31.5 Å². The molecule has 0 heterocycles. The van der Waals surface area contributed by atoms with Gasteiger partial charge in [0.1, 0.15) is 0 Å². The van der Waals surface area contributed by atoms with E-state index in [1.807, 2.05) is 0 Å². The van der Waals surface area contributed by atoms with Crippen molar-refractivity contribution in [3.05, 3.63) is 34.3 Å². The molecule has 0 bridgehead atoms. The van der Waals surface area contributed by atoms with Gasteiger partial charge < -0.3 is 4.84 Å². The molecule has 0 spiro atoms. The summed E-state index contributed by atoms with van der Waals surface area (Å²) < 4.78 is 38.6. The standard InChI is InChI=1S/C11H13ClF3NO/c1-10(2,6-17-16)8-4-3-7(12)5-9(8)11(13,14)15/h3-5H,6,16H2,1-2H3. The first-order valence-electron chi connectivity index (χ1n) is 4.87. The molecule has 0 radical (unpaired) electrons. The summed E-state index contributed by atoms with van der Waals surface area (Å²) >= 11 is 5.59. The number of hydrogen-bond donors (Lipinski definition) is 1. The molecule has 2 nitrogen and oxygen atoms in total. The van der Waals surface area contributed by atoms with Gasteiger partial charge in [-0.15, -0.1) is 0 Å². The Balaban J connectivity index is 3.33. The highest BCUT2D eigenvalue weighted by Gasteiger charge is 2.38. The second-order valence-corrected chi connectivity index (χ2v) is 4.82. The molecule has 0 saturated carbocycles. The van der Waals surface area contributed by atoms with Gasteiger partial charge in [0.25, 0.3) is 0 Å². The van der Waals surface area contributed by atoms with Crippen LogP contribution in [0, 0.1) is 0 Å². The van der Waals surface area contributed by atoms with Crippen LogP contribution in [0.4, 0.5) is 13.2 Å². The Hall–Kier alpha value is -0.780. The topological polar surface area (TPSA) is 35.2 Å². The van der Waals surface area contributed by atoms with E-state index >= 15 is 0 Å². The third-order valence-electron chi connectivity index (χ3n) is 2.46. The first-order valence-corrected chi connectivity index (χ1v) is 5.25. The van der Waals surface area contributed by atoms with Crippen LogP contribution in [0.3, 0.4) is 0 Å². The Kier molecular flexibility index (Phi) is 4.06. The fourth-order valence-electron chi connectivity index (χ4n) is 1.63. The highest BCUT2D eigenvalue weighted by molar-refractivity contribution is 6.30. The zero-order chi connectivity index (χ0) is 13.3. The van der Waals surface area contributed by atoms with Gasteiger partial charge in [0.2, 0.25) is 0 Å². The van der Waals surface area contributed by atoms with Gasteiger partial charge in [0.15, 0.2) is 0 Å². The number of benzene rings is 1. The van der Waals surface area contributed by atoms with E-state index in [1.54, 1.807) is 13.8 Å². The molecule has 1 aromatic rings. The molecule has 2 N–H and O–H groups in total. The van der Waals surface area contributed by atoms with Gasteiger partial charge >= 0.3 is 6.18 Å². The molecule has 0 amide bonds. The molecule has 96 valence electrons. The molecule has 0 aromatic heterocycles. The smallest absolute Gasteiger partial charge is 0.304 e. The lowest BCUT2D eigenvalue weighted by atomic mass is 9.82. The summed E-state index contributed by atoms with van der Waals surface area (Å²) in [7, 11) is 0. The van der Waals surface area contributed by atoms with Crippen LogP contribution < -0.4 is 5.90 Å². The van der Waals surface area contributed by atoms with Gasteiger partial charge in [0.05, 0.1) is 12.2 Å². The van der Waals surface area contributed by atoms with Crippen LogP contribution in [-0.4, -0.2) is 6.61 Å². The van der Waals surface area contributed by atoms with Crippen molar-refractivity contribution in [1.82, 2.24) is 0 Å². The first-order chi connectivity index (χ1) is 7.68. The minimum atomic E-state index is -4.45. The predicted molar refractivity (Wildman–Crippen MR) is 59.6 cm³/mol. The van der Waals surface area contributed by atoms with Crippen molar-refractivity contribution in [3.8, 4) is 0 Å². The largest absolute Gasteiger partial charge is 0.416 e. The van der Waals surface area contributed by atoms with Crippen LogP contribution in [0.5, 0.6) is 0 Å². The second kappa shape index (κ2) is 4.84. The van der Waals surface area contributed by atoms with Crippen molar-refractivity contribution in [2.45, 2.75) is 25.4 Å². The lowest BCUT2D eigenvalue weighted by molar-refractivity contribution is -0.139. The summed E-state index contributed by atoms with van der Waals surface area (Å²) in [6.45, 7) is 3.23. The van der Waals surface area contributed by atoms with E-state index in [1.165, 1.54) is 12.1 Å². The van der Waals surface area contributed by atoms with E-state index in [-0.39, 0.29) is 17.2 Å². The van der Waals surface area contributed by atoms with Crippen LogP contribution in [0.2, 0.25) is 5.02 Å². The molecule has 0 unspecified atom stereocenters. The highest BCUT2D eigenvalue weighted by Crippen LogP contribution is 2.38. The van der Waals surface area contributed by atoms with E-state index in [0.717, 1.165) is 6.07 Å². The minimum absolute atomic E-state index is 0.0162. The van der Waals surface area contributed by atoms with Crippen LogP contribution in [0.25, 0.3) is 0 Å². The van der Waals surface area contributed by atoms with Crippen molar-refractivity contribution < 1.29 is 18.0 Å². The maximum Gasteiger partial charge on any atom is 0.416 e. The molecular formula is C11H13ClF3NO. The fraction of sp³-hybridized carbons (Fsp3) is 0.455. The summed E-state index contributed by atoms with van der Waals surface area (Å²) in [5.41, 5.74) is -1.49. The third-order valence-corrected chi connectivity index (χ3v) is 2.70. The van der Waals surface area contributed by atoms with Crippen LogP contribution >= 0.6 is 11.6 Å². The first kappa shape index (κ1) is 14.3. The summed E-state index contributed by atoms with van der Waals surface area (Å²) in [5, 5.41) is 0.0468. The van der Waals surface area contributed by atoms with Gasteiger partial charge in [-0.3, -0.25) is 0 Å². The average molecular weight is 268 g/mol. The molecular weight excluding hydrogens is 255 g/mol. The molecule has 0 aliphatic heterocycles.